The van der Waals surface area contributed by atoms with Crippen LogP contribution in [-0.2, 0) is 4.79 Å². The van der Waals surface area contributed by atoms with Crippen LogP contribution in [0.5, 0.6) is 0 Å². The van der Waals surface area contributed by atoms with Crippen molar-refractivity contribution in [1.82, 2.24) is 15.0 Å². The van der Waals surface area contributed by atoms with Crippen LogP contribution < -0.4 is 10.0 Å². The van der Waals surface area contributed by atoms with Crippen molar-refractivity contribution >= 4 is 29.4 Å². The topological polar surface area (TPSA) is 99.8 Å². The number of aromatic nitrogens is 1. The summed E-state index contributed by atoms with van der Waals surface area (Å²) in [6.45, 7) is 9.34. The predicted molar refractivity (Wildman–Crippen MR) is 110 cm³/mol. The summed E-state index contributed by atoms with van der Waals surface area (Å²) >= 11 is 1.34. The van der Waals surface area contributed by atoms with Gasteiger partial charge in [-0.25, -0.2) is 9.98 Å². The van der Waals surface area contributed by atoms with Crippen molar-refractivity contribution in [3.63, 3.8) is 0 Å². The van der Waals surface area contributed by atoms with E-state index in [0.717, 1.165) is 16.1 Å². The van der Waals surface area contributed by atoms with Gasteiger partial charge in [0, 0.05) is 12.1 Å². The van der Waals surface area contributed by atoms with Crippen molar-refractivity contribution in [1.29, 1.82) is 0 Å². The van der Waals surface area contributed by atoms with Crippen molar-refractivity contribution in [3.8, 4) is 0 Å². The summed E-state index contributed by atoms with van der Waals surface area (Å²) in [5, 5.41) is 12.7. The second-order valence-corrected chi connectivity index (χ2v) is 6.92. The summed E-state index contributed by atoms with van der Waals surface area (Å²) in [6, 6.07) is 5.83. The number of hydrogen-bond acceptors (Lipinski definition) is 7. The lowest BCUT2D eigenvalue weighted by atomic mass is 9.96. The molecule has 0 saturated heterocycles. The number of carbonyl (C=O) groups is 1. The second-order valence-electron chi connectivity index (χ2n) is 6.07. The number of nitrogens with one attached hydrogen (secondary N) is 2. The predicted octanol–water partition coefficient (Wildman–Crippen LogP) is 3.71. The number of fused-ring (bicyclic) bond motifs is 1. The molecule has 28 heavy (non-hydrogen) atoms. The maximum atomic E-state index is 12.6. The number of carbonyl (C=O) groups excluding carboxylic acids is 1. The van der Waals surface area contributed by atoms with Crippen LogP contribution in [0, 0.1) is 6.92 Å². The van der Waals surface area contributed by atoms with E-state index in [2.05, 4.69) is 33.2 Å². The molecule has 0 aliphatic carbocycles. The quantitative estimate of drug-likeness (QED) is 0.375. The van der Waals surface area contributed by atoms with Crippen LogP contribution in [0.3, 0.4) is 0 Å². The SMILES string of the molecule is C=C/C=C(\C(=C)O)C(CNC(=O)C1=Nc2ccc(C)cc2SN1)c1ncco1. The molecular weight excluding hydrogens is 376 g/mol. The van der Waals surface area contributed by atoms with Crippen LogP contribution in [0.2, 0.25) is 0 Å². The fraction of sp³-hybridized carbons (Fsp3) is 0.150. The van der Waals surface area contributed by atoms with E-state index < -0.39 is 5.92 Å². The Bertz CT molecular complexity index is 964. The lowest BCUT2D eigenvalue weighted by molar-refractivity contribution is -0.115. The Balaban J connectivity index is 1.77. The fourth-order valence-electron chi connectivity index (χ4n) is 2.69. The number of hydrogen-bond donors (Lipinski definition) is 3. The molecule has 1 unspecified atom stereocenters. The molecule has 1 aromatic heterocycles. The first-order valence-electron chi connectivity index (χ1n) is 8.50. The van der Waals surface area contributed by atoms with Crippen LogP contribution in [0.4, 0.5) is 5.69 Å². The third-order valence-corrected chi connectivity index (χ3v) is 4.88. The van der Waals surface area contributed by atoms with Crippen molar-refractivity contribution in [2.75, 3.05) is 6.54 Å². The van der Waals surface area contributed by atoms with Crippen LogP contribution in [0.15, 0.2) is 81.6 Å². The molecule has 0 radical (unpaired) electrons. The molecule has 1 atom stereocenters. The maximum Gasteiger partial charge on any atom is 0.287 e. The highest BCUT2D eigenvalue weighted by atomic mass is 32.2. The number of aliphatic imine (C=N–C) groups is 1. The van der Waals surface area contributed by atoms with Gasteiger partial charge in [0.1, 0.15) is 12.0 Å². The highest BCUT2D eigenvalue weighted by molar-refractivity contribution is 7.98. The molecule has 0 spiro atoms. The van der Waals surface area contributed by atoms with Crippen molar-refractivity contribution in [2.24, 2.45) is 4.99 Å². The van der Waals surface area contributed by atoms with E-state index >= 15 is 0 Å². The molecular formula is C20H20N4O3S. The molecule has 0 fully saturated rings. The van der Waals surface area contributed by atoms with Crippen LogP contribution in [0.25, 0.3) is 0 Å². The van der Waals surface area contributed by atoms with E-state index in [1.165, 1.54) is 30.5 Å². The average molecular weight is 396 g/mol. The summed E-state index contributed by atoms with van der Waals surface area (Å²) < 4.78 is 8.32. The number of aliphatic hydroxyl groups excluding tert-OH is 1. The van der Waals surface area contributed by atoms with Gasteiger partial charge in [0.25, 0.3) is 5.91 Å². The van der Waals surface area contributed by atoms with Gasteiger partial charge in [0.15, 0.2) is 0 Å². The van der Waals surface area contributed by atoms with E-state index in [-0.39, 0.29) is 24.0 Å². The number of amidine groups is 1. The highest BCUT2D eigenvalue weighted by Gasteiger charge is 2.25. The summed E-state index contributed by atoms with van der Waals surface area (Å²) in [5.41, 5.74) is 2.31. The molecule has 0 bridgehead atoms. The normalized spacial score (nSPS) is 14.3. The number of amides is 1. The summed E-state index contributed by atoms with van der Waals surface area (Å²) in [5.74, 6) is -0.509. The average Bonchev–Trinajstić information content (AvgIpc) is 3.21. The van der Waals surface area contributed by atoms with Gasteiger partial charge in [-0.2, -0.15) is 0 Å². The zero-order valence-electron chi connectivity index (χ0n) is 15.3. The smallest absolute Gasteiger partial charge is 0.287 e. The van der Waals surface area contributed by atoms with Crippen molar-refractivity contribution < 1.29 is 14.3 Å². The number of oxazole rings is 1. The van der Waals surface area contributed by atoms with E-state index in [4.69, 9.17) is 4.42 Å². The Labute approximate surface area is 167 Å². The zero-order valence-corrected chi connectivity index (χ0v) is 16.1. The highest BCUT2D eigenvalue weighted by Crippen LogP contribution is 2.32. The standard InChI is InChI=1S/C20H20N4O3S/c1-4-5-14(13(3)25)15(20-21-8-9-27-20)11-22-19(26)18-23-16-7-6-12(2)10-17(16)28-24-18/h4-10,15,25H,1,3,11H2,2H3,(H,22,26)(H,23,24)/b14-5+. The molecule has 2 aromatic rings. The molecule has 1 aromatic carbocycles. The van der Waals surface area contributed by atoms with E-state index in [1.54, 1.807) is 6.08 Å². The van der Waals surface area contributed by atoms with Gasteiger partial charge in [-0.05, 0) is 36.6 Å². The zero-order chi connectivity index (χ0) is 20.1. The van der Waals surface area contributed by atoms with Gasteiger partial charge in [0.05, 0.1) is 22.7 Å². The summed E-state index contributed by atoms with van der Waals surface area (Å²) in [4.78, 5) is 22.1. The third-order valence-electron chi connectivity index (χ3n) is 4.04. The first-order valence-corrected chi connectivity index (χ1v) is 9.32. The number of benzene rings is 1. The molecule has 1 aliphatic heterocycles. The lowest BCUT2D eigenvalue weighted by Gasteiger charge is -2.19. The van der Waals surface area contributed by atoms with Crippen LogP contribution in [-0.4, -0.2) is 28.4 Å². The number of nitrogens with zero attached hydrogens (tertiary/aromatic N) is 2. The Kier molecular flexibility index (Phi) is 6.00. The lowest BCUT2D eigenvalue weighted by Crippen LogP contribution is -2.40. The van der Waals surface area contributed by atoms with Crippen LogP contribution in [0.1, 0.15) is 17.4 Å². The minimum Gasteiger partial charge on any atom is -0.508 e. The Morgan fingerprint density at radius 1 is 1.50 bits per heavy atom. The van der Waals surface area contributed by atoms with Crippen molar-refractivity contribution in [3.05, 3.63) is 78.8 Å². The number of aliphatic hydroxyl groups is 1. The number of rotatable bonds is 7. The molecule has 1 aliphatic rings. The largest absolute Gasteiger partial charge is 0.508 e. The van der Waals surface area contributed by atoms with Gasteiger partial charge in [0.2, 0.25) is 11.7 Å². The van der Waals surface area contributed by atoms with Crippen LogP contribution >= 0.6 is 11.9 Å². The molecule has 1 amide bonds. The van der Waals surface area contributed by atoms with Gasteiger partial charge in [-0.15, -0.1) is 0 Å². The Morgan fingerprint density at radius 3 is 3.00 bits per heavy atom. The van der Waals surface area contributed by atoms with Gasteiger partial charge < -0.3 is 19.6 Å². The molecule has 144 valence electrons. The van der Waals surface area contributed by atoms with Gasteiger partial charge >= 0.3 is 0 Å². The number of allylic oxidation sites excluding steroid dienone is 3. The monoisotopic (exact) mass is 396 g/mol. The minimum absolute atomic E-state index is 0.130. The van der Waals surface area contributed by atoms with Crippen molar-refractivity contribution in [2.45, 2.75) is 17.7 Å². The Hall–Kier alpha value is -3.26. The third kappa shape index (κ3) is 4.34. The van der Waals surface area contributed by atoms with Gasteiger partial charge in [-0.1, -0.05) is 31.4 Å². The van der Waals surface area contributed by atoms with Gasteiger partial charge in [-0.3, -0.25) is 4.79 Å². The molecule has 2 heterocycles. The van der Waals surface area contributed by atoms with E-state index in [0.29, 0.717) is 11.5 Å². The fourth-order valence-corrected chi connectivity index (χ4v) is 3.50. The minimum atomic E-state index is -0.527. The molecule has 3 N–H and O–H groups in total. The van der Waals surface area contributed by atoms with E-state index in [1.807, 2.05) is 25.1 Å². The first-order chi connectivity index (χ1) is 13.5. The first kappa shape index (κ1) is 19.5. The number of aryl methyl sites for hydroxylation is 1. The second kappa shape index (κ2) is 8.62. The summed E-state index contributed by atoms with van der Waals surface area (Å²) in [6.07, 6.45) is 6.06. The molecule has 0 saturated carbocycles. The molecule has 7 nitrogen and oxygen atoms in total. The van der Waals surface area contributed by atoms with E-state index in [9.17, 15) is 9.90 Å². The molecule has 8 heteroatoms. The maximum absolute atomic E-state index is 12.6. The Morgan fingerprint density at radius 2 is 2.32 bits per heavy atom. The molecule has 3 rings (SSSR count). The summed E-state index contributed by atoms with van der Waals surface area (Å²) in [7, 11) is 0.